The summed E-state index contributed by atoms with van der Waals surface area (Å²) >= 11 is 5.97. The second-order valence-corrected chi connectivity index (χ2v) is 8.41. The van der Waals surface area contributed by atoms with Gasteiger partial charge in [0.05, 0.1) is 17.6 Å². The Hall–Kier alpha value is -0.840. The number of aliphatic hydroxyl groups is 1. The zero-order valence-electron chi connectivity index (χ0n) is 15.4. The number of carbonyl (C=O) groups is 1. The lowest BCUT2D eigenvalue weighted by Crippen LogP contribution is -2.45. The van der Waals surface area contributed by atoms with Crippen LogP contribution in [0.25, 0.3) is 0 Å². The van der Waals surface area contributed by atoms with Gasteiger partial charge in [-0.2, -0.15) is 0 Å². The number of halogens is 1. The molecule has 0 aromatic heterocycles. The van der Waals surface area contributed by atoms with E-state index in [1.807, 2.05) is 0 Å². The summed E-state index contributed by atoms with van der Waals surface area (Å²) < 4.78 is 11.5. The number of hydrogen-bond donors (Lipinski definition) is 1. The molecule has 2 heterocycles. The molecule has 4 nitrogen and oxygen atoms in total. The third-order valence-electron chi connectivity index (χ3n) is 6.07. The Morgan fingerprint density at radius 2 is 2.00 bits per heavy atom. The molecule has 1 aliphatic carbocycles. The van der Waals surface area contributed by atoms with Crippen molar-refractivity contribution in [1.82, 2.24) is 0 Å². The van der Waals surface area contributed by atoms with Gasteiger partial charge < -0.3 is 14.6 Å². The van der Waals surface area contributed by atoms with Crippen LogP contribution in [0.15, 0.2) is 23.3 Å². The monoisotopic (exact) mass is 368 g/mol. The van der Waals surface area contributed by atoms with Crippen LogP contribution in [-0.2, 0) is 14.3 Å². The average Bonchev–Trinajstić information content (AvgIpc) is 3.13. The maximum Gasteiger partial charge on any atom is 0.340 e. The number of alkyl halides is 1. The van der Waals surface area contributed by atoms with Crippen LogP contribution in [0.5, 0.6) is 0 Å². The Balaban J connectivity index is 1.84. The Bertz CT molecular complexity index is 599. The molecule has 3 aliphatic rings. The maximum atomic E-state index is 12.3. The fraction of sp³-hybridized carbons (Fsp3) is 0.750. The number of epoxide rings is 1. The minimum absolute atomic E-state index is 0.0465. The predicted octanol–water partition coefficient (Wildman–Crippen LogP) is 3.90. The minimum atomic E-state index is -1.60. The lowest BCUT2D eigenvalue weighted by atomic mass is 9.79. The number of rotatable bonds is 1. The molecule has 5 heteroatoms. The third-order valence-corrected chi connectivity index (χ3v) is 6.48. The van der Waals surface area contributed by atoms with Crippen LogP contribution in [0.2, 0.25) is 0 Å². The molecule has 140 valence electrons. The highest BCUT2D eigenvalue weighted by Crippen LogP contribution is 2.49. The van der Waals surface area contributed by atoms with Gasteiger partial charge in [0, 0.05) is 12.3 Å². The Morgan fingerprint density at radius 1 is 1.28 bits per heavy atom. The van der Waals surface area contributed by atoms with Crippen LogP contribution in [0.4, 0.5) is 0 Å². The van der Waals surface area contributed by atoms with Crippen LogP contribution in [0.1, 0.15) is 59.3 Å². The van der Waals surface area contributed by atoms with E-state index in [9.17, 15) is 9.90 Å². The summed E-state index contributed by atoms with van der Waals surface area (Å²) in [6.07, 6.45) is 9.44. The van der Waals surface area contributed by atoms with Gasteiger partial charge in [-0.25, -0.2) is 4.79 Å². The number of allylic oxidation sites excluding steroid dienone is 3. The summed E-state index contributed by atoms with van der Waals surface area (Å²) in [6, 6.07) is 0. The van der Waals surface area contributed by atoms with E-state index in [2.05, 4.69) is 32.9 Å². The van der Waals surface area contributed by atoms with E-state index in [1.165, 1.54) is 11.1 Å². The molecule has 0 aromatic carbocycles. The van der Waals surface area contributed by atoms with E-state index in [-0.39, 0.29) is 29.6 Å². The summed E-state index contributed by atoms with van der Waals surface area (Å²) in [5.74, 6) is -1.05. The van der Waals surface area contributed by atoms with Crippen molar-refractivity contribution in [3.8, 4) is 0 Å². The van der Waals surface area contributed by atoms with Crippen LogP contribution in [0.3, 0.4) is 0 Å². The molecular weight excluding hydrogens is 340 g/mol. The van der Waals surface area contributed by atoms with Gasteiger partial charge in [-0.3, -0.25) is 0 Å². The molecule has 0 radical (unpaired) electrons. The molecular formula is C20H29ClO4. The van der Waals surface area contributed by atoms with Crippen molar-refractivity contribution in [3.05, 3.63) is 23.3 Å². The minimum Gasteiger partial charge on any atom is -0.459 e. The van der Waals surface area contributed by atoms with Crippen LogP contribution >= 0.6 is 11.6 Å². The number of hydrogen-bond acceptors (Lipinski definition) is 4. The molecule has 3 rings (SSSR count). The molecule has 2 aliphatic heterocycles. The molecule has 0 aromatic rings. The summed E-state index contributed by atoms with van der Waals surface area (Å²) in [4.78, 5) is 12.3. The Morgan fingerprint density at radius 3 is 2.72 bits per heavy atom. The molecule has 0 saturated carbocycles. The number of ether oxygens (including phenoxy) is 2. The van der Waals surface area contributed by atoms with E-state index < -0.39 is 11.6 Å². The highest BCUT2D eigenvalue weighted by molar-refractivity contribution is 6.20. The van der Waals surface area contributed by atoms with Crippen LogP contribution in [-0.4, -0.2) is 40.4 Å². The zero-order valence-corrected chi connectivity index (χ0v) is 16.1. The number of esters is 1. The first-order valence-corrected chi connectivity index (χ1v) is 9.80. The number of fused-ring (bicyclic) bond motifs is 2. The van der Waals surface area contributed by atoms with Gasteiger partial charge in [-0.15, -0.1) is 11.6 Å². The van der Waals surface area contributed by atoms with E-state index in [0.29, 0.717) is 12.8 Å². The van der Waals surface area contributed by atoms with Gasteiger partial charge in [-0.05, 0) is 52.9 Å². The second kappa shape index (κ2) is 7.05. The van der Waals surface area contributed by atoms with Gasteiger partial charge in [0.1, 0.15) is 6.10 Å². The smallest absolute Gasteiger partial charge is 0.340 e. The van der Waals surface area contributed by atoms with Crippen LogP contribution < -0.4 is 0 Å². The molecule has 5 atom stereocenters. The first kappa shape index (κ1) is 18.9. The van der Waals surface area contributed by atoms with Crippen molar-refractivity contribution in [2.75, 3.05) is 5.88 Å². The molecule has 2 saturated heterocycles. The largest absolute Gasteiger partial charge is 0.459 e. The lowest BCUT2D eigenvalue weighted by molar-refractivity contribution is -0.153. The van der Waals surface area contributed by atoms with Crippen LogP contribution in [0, 0.1) is 5.92 Å². The van der Waals surface area contributed by atoms with E-state index in [0.717, 1.165) is 25.7 Å². The van der Waals surface area contributed by atoms with E-state index >= 15 is 0 Å². The maximum absolute atomic E-state index is 12.3. The third kappa shape index (κ3) is 3.81. The normalized spacial score (nSPS) is 42.4. The van der Waals surface area contributed by atoms with Gasteiger partial charge in [0.15, 0.2) is 5.60 Å². The van der Waals surface area contributed by atoms with Crippen molar-refractivity contribution in [3.63, 3.8) is 0 Å². The van der Waals surface area contributed by atoms with Crippen molar-refractivity contribution < 1.29 is 19.4 Å². The predicted molar refractivity (Wildman–Crippen MR) is 97.5 cm³/mol. The van der Waals surface area contributed by atoms with Crippen molar-refractivity contribution in [1.29, 1.82) is 0 Å². The lowest BCUT2D eigenvalue weighted by Gasteiger charge is -2.26. The first-order valence-electron chi connectivity index (χ1n) is 9.27. The van der Waals surface area contributed by atoms with Gasteiger partial charge in [0.2, 0.25) is 0 Å². The average molecular weight is 369 g/mol. The molecule has 0 bridgehead atoms. The first-order chi connectivity index (χ1) is 11.8. The van der Waals surface area contributed by atoms with Gasteiger partial charge in [-0.1, -0.05) is 23.3 Å². The quantitative estimate of drug-likeness (QED) is 0.330. The molecule has 0 amide bonds. The second-order valence-electron chi connectivity index (χ2n) is 8.15. The highest BCUT2D eigenvalue weighted by Gasteiger charge is 2.61. The fourth-order valence-corrected chi connectivity index (χ4v) is 4.47. The van der Waals surface area contributed by atoms with Gasteiger partial charge in [0.25, 0.3) is 0 Å². The summed E-state index contributed by atoms with van der Waals surface area (Å²) in [7, 11) is 0. The fourth-order valence-electron chi connectivity index (χ4n) is 4.16. The molecule has 5 unspecified atom stereocenters. The standard InChI is InChI=1S/C20H29ClO4/c1-13-6-4-7-14(2)10-16-15(20(23,12-21)18(22)24-16)11-17-19(3,25-17)9-5-8-13/h7-8,15-17,23H,4-6,9-12H2,1-3H3. The zero-order chi connectivity index (χ0) is 18.2. The van der Waals surface area contributed by atoms with Crippen molar-refractivity contribution in [2.24, 2.45) is 5.92 Å². The Labute approximate surface area is 155 Å². The topological polar surface area (TPSA) is 59.1 Å². The number of carbonyl (C=O) groups excluding carboxylic acids is 1. The summed E-state index contributed by atoms with van der Waals surface area (Å²) in [5, 5.41) is 10.8. The molecule has 1 N–H and O–H groups in total. The molecule has 0 spiro atoms. The van der Waals surface area contributed by atoms with E-state index in [4.69, 9.17) is 21.1 Å². The summed E-state index contributed by atoms with van der Waals surface area (Å²) in [6.45, 7) is 6.35. The SMILES string of the molecule is CC1=CCCC2(C)OC2CC2C(CC(C)=CCC1)OC(=O)C2(O)CCl. The Kier molecular flexibility index (Phi) is 5.34. The molecule has 2 fully saturated rings. The summed E-state index contributed by atoms with van der Waals surface area (Å²) in [5.41, 5.74) is 0.816. The highest BCUT2D eigenvalue weighted by atomic mass is 35.5. The molecule has 25 heavy (non-hydrogen) atoms. The van der Waals surface area contributed by atoms with E-state index in [1.54, 1.807) is 0 Å². The van der Waals surface area contributed by atoms with Crippen molar-refractivity contribution >= 4 is 17.6 Å². The van der Waals surface area contributed by atoms with Gasteiger partial charge >= 0.3 is 5.97 Å². The van der Waals surface area contributed by atoms with Crippen molar-refractivity contribution in [2.45, 2.75) is 82.7 Å².